The summed E-state index contributed by atoms with van der Waals surface area (Å²) in [5, 5.41) is 8.69. The van der Waals surface area contributed by atoms with Gasteiger partial charge in [-0.15, -0.1) is 11.3 Å². The Balaban J connectivity index is 2.46. The first-order valence-electron chi connectivity index (χ1n) is 4.16. The molecular weight excluding hydrogens is 338 g/mol. The SMILES string of the molecule is N#Cc1ccc(-c2cc(Br)sc2Br)cc1. The van der Waals surface area contributed by atoms with Crippen LogP contribution in [0.25, 0.3) is 11.1 Å². The second-order valence-corrected chi connectivity index (χ2v) is 6.68. The van der Waals surface area contributed by atoms with Gasteiger partial charge in [-0.1, -0.05) is 12.1 Å². The third kappa shape index (κ3) is 2.31. The molecule has 1 heterocycles. The standard InChI is InChI=1S/C11H5Br2NS/c12-10-5-9(11(13)15-10)8-3-1-7(6-14)2-4-8/h1-5H. The largest absolute Gasteiger partial charge is 0.192 e. The quantitative estimate of drug-likeness (QED) is 0.729. The monoisotopic (exact) mass is 341 g/mol. The molecule has 1 nitrogen and oxygen atoms in total. The number of thiophene rings is 1. The molecule has 15 heavy (non-hydrogen) atoms. The fraction of sp³-hybridized carbons (Fsp3) is 0. The molecule has 0 radical (unpaired) electrons. The summed E-state index contributed by atoms with van der Waals surface area (Å²) < 4.78 is 2.19. The maximum absolute atomic E-state index is 8.69. The van der Waals surface area contributed by atoms with Crippen LogP contribution < -0.4 is 0 Å². The molecule has 4 heteroatoms. The Hall–Kier alpha value is -0.630. The first-order valence-corrected chi connectivity index (χ1v) is 6.56. The molecule has 0 saturated carbocycles. The molecule has 2 rings (SSSR count). The Morgan fingerprint density at radius 2 is 1.80 bits per heavy atom. The van der Waals surface area contributed by atoms with E-state index in [-0.39, 0.29) is 0 Å². The van der Waals surface area contributed by atoms with Crippen LogP contribution in [0.15, 0.2) is 37.9 Å². The molecule has 0 aliphatic heterocycles. The van der Waals surface area contributed by atoms with Gasteiger partial charge >= 0.3 is 0 Å². The molecule has 0 amide bonds. The Bertz CT molecular complexity index is 523. The van der Waals surface area contributed by atoms with Crippen LogP contribution in [0.4, 0.5) is 0 Å². The lowest BCUT2D eigenvalue weighted by atomic mass is 10.1. The van der Waals surface area contributed by atoms with Crippen LogP contribution >= 0.6 is 43.2 Å². The number of nitrogens with zero attached hydrogens (tertiary/aromatic N) is 1. The lowest BCUT2D eigenvalue weighted by molar-refractivity contribution is 1.48. The summed E-state index contributed by atoms with van der Waals surface area (Å²) in [5.41, 5.74) is 2.95. The van der Waals surface area contributed by atoms with Gasteiger partial charge in [0, 0.05) is 5.56 Å². The molecule has 0 aliphatic rings. The minimum atomic E-state index is 0.684. The normalized spacial score (nSPS) is 9.93. The lowest BCUT2D eigenvalue weighted by Crippen LogP contribution is -1.76. The van der Waals surface area contributed by atoms with E-state index in [1.807, 2.05) is 24.3 Å². The summed E-state index contributed by atoms with van der Waals surface area (Å²) in [7, 11) is 0. The van der Waals surface area contributed by atoms with Gasteiger partial charge in [0.1, 0.15) is 0 Å². The van der Waals surface area contributed by atoms with Crippen molar-refractivity contribution < 1.29 is 0 Å². The summed E-state index contributed by atoms with van der Waals surface area (Å²) >= 11 is 8.60. The highest BCUT2D eigenvalue weighted by Gasteiger charge is 2.07. The van der Waals surface area contributed by atoms with Crippen LogP contribution in [0.3, 0.4) is 0 Å². The van der Waals surface area contributed by atoms with Crippen LogP contribution in [0.2, 0.25) is 0 Å². The molecule has 74 valence electrons. The number of hydrogen-bond donors (Lipinski definition) is 0. The number of hydrogen-bond acceptors (Lipinski definition) is 2. The molecule has 0 fully saturated rings. The van der Waals surface area contributed by atoms with Gasteiger partial charge in [0.05, 0.1) is 19.2 Å². The molecule has 1 aromatic heterocycles. The molecule has 0 spiro atoms. The van der Waals surface area contributed by atoms with E-state index in [2.05, 4.69) is 44.0 Å². The summed E-state index contributed by atoms with van der Waals surface area (Å²) in [6.45, 7) is 0. The van der Waals surface area contributed by atoms with E-state index >= 15 is 0 Å². The predicted octanol–water partition coefficient (Wildman–Crippen LogP) is 4.81. The molecule has 0 unspecified atom stereocenters. The predicted molar refractivity (Wildman–Crippen MR) is 69.9 cm³/mol. The van der Waals surface area contributed by atoms with Crippen molar-refractivity contribution in [3.8, 4) is 17.2 Å². The highest BCUT2D eigenvalue weighted by Crippen LogP contribution is 2.38. The third-order valence-electron chi connectivity index (χ3n) is 1.98. The average molecular weight is 343 g/mol. The molecule has 1 aromatic carbocycles. The van der Waals surface area contributed by atoms with Gasteiger partial charge in [-0.25, -0.2) is 0 Å². The fourth-order valence-corrected chi connectivity index (χ4v) is 4.13. The Morgan fingerprint density at radius 3 is 2.27 bits per heavy atom. The number of rotatable bonds is 1. The molecule has 0 bridgehead atoms. The molecule has 0 aliphatic carbocycles. The Morgan fingerprint density at radius 1 is 1.13 bits per heavy atom. The van der Waals surface area contributed by atoms with Crippen molar-refractivity contribution in [2.24, 2.45) is 0 Å². The van der Waals surface area contributed by atoms with E-state index < -0.39 is 0 Å². The average Bonchev–Trinajstić information content (AvgIpc) is 2.58. The zero-order valence-corrected chi connectivity index (χ0v) is 11.5. The van der Waals surface area contributed by atoms with Crippen LogP contribution in [-0.4, -0.2) is 0 Å². The molecule has 0 N–H and O–H groups in total. The van der Waals surface area contributed by atoms with Crippen molar-refractivity contribution in [2.75, 3.05) is 0 Å². The third-order valence-corrected chi connectivity index (χ3v) is 4.32. The number of benzene rings is 1. The van der Waals surface area contributed by atoms with Gasteiger partial charge in [-0.05, 0) is 55.6 Å². The van der Waals surface area contributed by atoms with Crippen molar-refractivity contribution in [2.45, 2.75) is 0 Å². The van der Waals surface area contributed by atoms with Crippen molar-refractivity contribution >= 4 is 43.2 Å². The van der Waals surface area contributed by atoms with Gasteiger partial charge in [0.2, 0.25) is 0 Å². The van der Waals surface area contributed by atoms with E-state index in [1.54, 1.807) is 11.3 Å². The fourth-order valence-electron chi connectivity index (χ4n) is 1.26. The summed E-state index contributed by atoms with van der Waals surface area (Å²) in [6, 6.07) is 11.7. The van der Waals surface area contributed by atoms with Crippen molar-refractivity contribution in [1.82, 2.24) is 0 Å². The highest BCUT2D eigenvalue weighted by atomic mass is 79.9. The lowest BCUT2D eigenvalue weighted by Gasteiger charge is -1.98. The van der Waals surface area contributed by atoms with Gasteiger partial charge in [0.15, 0.2) is 0 Å². The smallest absolute Gasteiger partial charge is 0.0991 e. The first kappa shape index (κ1) is 10.9. The topological polar surface area (TPSA) is 23.8 Å². The zero-order valence-electron chi connectivity index (χ0n) is 7.50. The van der Waals surface area contributed by atoms with E-state index in [0.717, 1.165) is 18.7 Å². The molecule has 2 aromatic rings. The highest BCUT2D eigenvalue weighted by molar-refractivity contribution is 9.12. The van der Waals surface area contributed by atoms with Crippen LogP contribution in [0.5, 0.6) is 0 Å². The Kier molecular flexibility index (Phi) is 3.25. The van der Waals surface area contributed by atoms with Crippen molar-refractivity contribution in [3.05, 3.63) is 43.5 Å². The zero-order chi connectivity index (χ0) is 10.8. The summed E-state index contributed by atoms with van der Waals surface area (Å²) in [4.78, 5) is 0. The number of nitriles is 1. The van der Waals surface area contributed by atoms with E-state index in [1.165, 1.54) is 0 Å². The van der Waals surface area contributed by atoms with E-state index in [9.17, 15) is 0 Å². The van der Waals surface area contributed by atoms with E-state index in [0.29, 0.717) is 5.56 Å². The number of halogens is 2. The Labute approximate surface area is 109 Å². The molecular formula is C11H5Br2NS. The minimum absolute atomic E-state index is 0.684. The minimum Gasteiger partial charge on any atom is -0.192 e. The second-order valence-electron chi connectivity index (χ2n) is 2.93. The second kappa shape index (κ2) is 4.48. The van der Waals surface area contributed by atoms with Gasteiger partial charge in [-0.3, -0.25) is 0 Å². The first-order chi connectivity index (χ1) is 7.20. The summed E-state index contributed by atoms with van der Waals surface area (Å²) in [5.74, 6) is 0. The summed E-state index contributed by atoms with van der Waals surface area (Å²) in [6.07, 6.45) is 0. The van der Waals surface area contributed by atoms with Gasteiger partial charge in [-0.2, -0.15) is 5.26 Å². The molecule has 0 saturated heterocycles. The van der Waals surface area contributed by atoms with Gasteiger partial charge in [0.25, 0.3) is 0 Å². The van der Waals surface area contributed by atoms with Crippen molar-refractivity contribution in [1.29, 1.82) is 5.26 Å². The van der Waals surface area contributed by atoms with E-state index in [4.69, 9.17) is 5.26 Å². The molecule has 0 atom stereocenters. The van der Waals surface area contributed by atoms with Crippen LogP contribution in [0.1, 0.15) is 5.56 Å². The van der Waals surface area contributed by atoms with Crippen LogP contribution in [-0.2, 0) is 0 Å². The van der Waals surface area contributed by atoms with Crippen molar-refractivity contribution in [3.63, 3.8) is 0 Å². The van der Waals surface area contributed by atoms with Crippen LogP contribution in [0, 0.1) is 11.3 Å². The van der Waals surface area contributed by atoms with Gasteiger partial charge < -0.3 is 0 Å². The maximum Gasteiger partial charge on any atom is 0.0991 e. The maximum atomic E-state index is 8.69.